The highest BCUT2D eigenvalue weighted by Crippen LogP contribution is 2.34. The molecule has 1 aromatic heterocycles. The van der Waals surface area contributed by atoms with E-state index < -0.39 is 0 Å². The minimum atomic E-state index is 0.0575. The van der Waals surface area contributed by atoms with Gasteiger partial charge < -0.3 is 10.1 Å². The third-order valence-electron chi connectivity index (χ3n) is 3.68. The van der Waals surface area contributed by atoms with E-state index >= 15 is 0 Å². The molecule has 0 aliphatic heterocycles. The summed E-state index contributed by atoms with van der Waals surface area (Å²) in [5.41, 5.74) is 1.03. The smallest absolute Gasteiger partial charge is 0.157 e. The Morgan fingerprint density at radius 3 is 2.83 bits per heavy atom. The van der Waals surface area contributed by atoms with Crippen LogP contribution in [0, 0.1) is 5.92 Å². The lowest BCUT2D eigenvalue weighted by atomic mass is 9.85. The predicted molar refractivity (Wildman–Crippen MR) is 71.1 cm³/mol. The van der Waals surface area contributed by atoms with Crippen molar-refractivity contribution in [1.29, 1.82) is 0 Å². The normalized spacial score (nSPS) is 18.8. The summed E-state index contributed by atoms with van der Waals surface area (Å²) in [6.07, 6.45) is 8.33. The zero-order valence-electron chi connectivity index (χ0n) is 11.4. The van der Waals surface area contributed by atoms with Gasteiger partial charge in [0.2, 0.25) is 0 Å². The third kappa shape index (κ3) is 3.27. The fraction of sp³-hybridized carbons (Fsp3) is 0.714. The molecule has 0 spiro atoms. The van der Waals surface area contributed by atoms with Crippen LogP contribution < -0.4 is 5.32 Å². The Morgan fingerprint density at radius 1 is 1.39 bits per heavy atom. The average Bonchev–Trinajstić information content (AvgIpc) is 2.42. The van der Waals surface area contributed by atoms with Gasteiger partial charge in [0.05, 0.1) is 5.69 Å². The maximum absolute atomic E-state index is 5.66. The first-order valence-corrected chi connectivity index (χ1v) is 6.84. The van der Waals surface area contributed by atoms with Crippen LogP contribution in [-0.4, -0.2) is 24.1 Å². The van der Waals surface area contributed by atoms with Gasteiger partial charge in [-0.05, 0) is 31.9 Å². The van der Waals surface area contributed by atoms with Gasteiger partial charge in [-0.3, -0.25) is 0 Å². The Morgan fingerprint density at radius 2 is 2.17 bits per heavy atom. The van der Waals surface area contributed by atoms with Crippen LogP contribution in [0.1, 0.15) is 49.7 Å². The monoisotopic (exact) mass is 249 g/mol. The zero-order valence-corrected chi connectivity index (χ0v) is 11.4. The van der Waals surface area contributed by atoms with E-state index in [1.807, 2.05) is 19.3 Å². The first-order valence-electron chi connectivity index (χ1n) is 6.84. The van der Waals surface area contributed by atoms with Crippen molar-refractivity contribution in [2.24, 2.45) is 5.92 Å². The van der Waals surface area contributed by atoms with E-state index in [0.29, 0.717) is 5.92 Å². The van der Waals surface area contributed by atoms with Gasteiger partial charge in [-0.15, -0.1) is 0 Å². The Bertz CT molecular complexity index is 364. The molecule has 100 valence electrons. The van der Waals surface area contributed by atoms with Gasteiger partial charge in [0.15, 0.2) is 5.82 Å². The second-order valence-corrected chi connectivity index (χ2v) is 4.99. The first-order chi connectivity index (χ1) is 8.85. The molecule has 4 heteroatoms. The number of nitrogens with one attached hydrogen (secondary N) is 1. The van der Waals surface area contributed by atoms with E-state index in [0.717, 1.165) is 18.1 Å². The van der Waals surface area contributed by atoms with Crippen molar-refractivity contribution in [3.63, 3.8) is 0 Å². The van der Waals surface area contributed by atoms with Crippen molar-refractivity contribution in [1.82, 2.24) is 15.3 Å². The van der Waals surface area contributed by atoms with Gasteiger partial charge in [0, 0.05) is 19.9 Å². The Kier molecular flexibility index (Phi) is 5.08. The lowest BCUT2D eigenvalue weighted by molar-refractivity contribution is 0.0287. The van der Waals surface area contributed by atoms with Crippen LogP contribution >= 0.6 is 0 Å². The minimum absolute atomic E-state index is 0.0575. The number of hydrogen-bond donors (Lipinski definition) is 1. The standard InChI is InChI=1S/C14H23N3O/c1-15-10-12-8-9-16-14(17-12)13(18-2)11-6-4-3-5-7-11/h8-9,11,13,15H,3-7,10H2,1-2H3. The van der Waals surface area contributed by atoms with E-state index in [4.69, 9.17) is 4.74 Å². The minimum Gasteiger partial charge on any atom is -0.373 e. The van der Waals surface area contributed by atoms with E-state index in [-0.39, 0.29) is 6.10 Å². The van der Waals surface area contributed by atoms with E-state index in [1.54, 1.807) is 7.11 Å². The van der Waals surface area contributed by atoms with Crippen molar-refractivity contribution in [3.05, 3.63) is 23.8 Å². The molecule has 1 heterocycles. The van der Waals surface area contributed by atoms with Crippen LogP contribution in [0.25, 0.3) is 0 Å². The van der Waals surface area contributed by atoms with E-state index in [9.17, 15) is 0 Å². The molecular formula is C14H23N3O. The topological polar surface area (TPSA) is 47.0 Å². The molecule has 0 bridgehead atoms. The van der Waals surface area contributed by atoms with Crippen LogP contribution in [0.4, 0.5) is 0 Å². The highest BCUT2D eigenvalue weighted by Gasteiger charge is 2.27. The zero-order chi connectivity index (χ0) is 12.8. The van der Waals surface area contributed by atoms with Crippen molar-refractivity contribution in [2.75, 3.05) is 14.2 Å². The fourth-order valence-corrected chi connectivity index (χ4v) is 2.78. The molecule has 1 aliphatic rings. The maximum atomic E-state index is 5.66. The molecule has 18 heavy (non-hydrogen) atoms. The van der Waals surface area contributed by atoms with Gasteiger partial charge in [0.25, 0.3) is 0 Å². The largest absolute Gasteiger partial charge is 0.373 e. The molecule has 4 nitrogen and oxygen atoms in total. The van der Waals surface area contributed by atoms with Gasteiger partial charge in [-0.2, -0.15) is 0 Å². The highest BCUT2D eigenvalue weighted by atomic mass is 16.5. The summed E-state index contributed by atoms with van der Waals surface area (Å²) >= 11 is 0. The molecule has 0 radical (unpaired) electrons. The molecule has 2 rings (SSSR count). The Balaban J connectivity index is 2.12. The molecule has 0 saturated heterocycles. The number of rotatable bonds is 5. The summed E-state index contributed by atoms with van der Waals surface area (Å²) in [6.45, 7) is 0.774. The molecule has 1 aromatic rings. The number of ether oxygens (including phenoxy) is 1. The molecule has 1 saturated carbocycles. The van der Waals surface area contributed by atoms with Crippen molar-refractivity contribution in [2.45, 2.75) is 44.8 Å². The number of nitrogens with zero attached hydrogens (tertiary/aromatic N) is 2. The van der Waals surface area contributed by atoms with Crippen LogP contribution in [0.2, 0.25) is 0 Å². The van der Waals surface area contributed by atoms with Crippen LogP contribution in [0.3, 0.4) is 0 Å². The average molecular weight is 249 g/mol. The lowest BCUT2D eigenvalue weighted by Gasteiger charge is -2.28. The quantitative estimate of drug-likeness (QED) is 0.871. The molecule has 0 aromatic carbocycles. The van der Waals surface area contributed by atoms with Crippen LogP contribution in [0.15, 0.2) is 12.3 Å². The van der Waals surface area contributed by atoms with Gasteiger partial charge in [0.1, 0.15) is 6.10 Å². The third-order valence-corrected chi connectivity index (χ3v) is 3.68. The van der Waals surface area contributed by atoms with Gasteiger partial charge in [-0.25, -0.2) is 9.97 Å². The highest BCUT2D eigenvalue weighted by molar-refractivity contribution is 5.05. The molecule has 1 unspecified atom stereocenters. The van der Waals surface area contributed by atoms with Crippen molar-refractivity contribution < 1.29 is 4.74 Å². The van der Waals surface area contributed by atoms with Crippen molar-refractivity contribution in [3.8, 4) is 0 Å². The van der Waals surface area contributed by atoms with E-state index in [1.165, 1.54) is 32.1 Å². The number of aromatic nitrogens is 2. The lowest BCUT2D eigenvalue weighted by Crippen LogP contribution is -2.21. The molecule has 1 atom stereocenters. The first kappa shape index (κ1) is 13.4. The second-order valence-electron chi connectivity index (χ2n) is 4.99. The summed E-state index contributed by atoms with van der Waals surface area (Å²) < 4.78 is 5.66. The summed E-state index contributed by atoms with van der Waals surface area (Å²) in [7, 11) is 3.70. The van der Waals surface area contributed by atoms with Gasteiger partial charge in [-0.1, -0.05) is 19.3 Å². The maximum Gasteiger partial charge on any atom is 0.157 e. The van der Waals surface area contributed by atoms with Gasteiger partial charge >= 0.3 is 0 Å². The summed E-state index contributed by atoms with van der Waals surface area (Å²) in [5, 5.41) is 3.12. The SMILES string of the molecule is CNCc1ccnc(C(OC)C2CCCCC2)n1. The molecule has 0 amide bonds. The Hall–Kier alpha value is -1.00. The van der Waals surface area contributed by atoms with E-state index in [2.05, 4.69) is 15.3 Å². The predicted octanol–water partition coefficient (Wildman–Crippen LogP) is 2.46. The number of methoxy groups -OCH3 is 1. The molecule has 1 aliphatic carbocycles. The number of hydrogen-bond acceptors (Lipinski definition) is 4. The summed E-state index contributed by atoms with van der Waals surface area (Å²) in [5.74, 6) is 1.42. The van der Waals surface area contributed by atoms with Crippen molar-refractivity contribution >= 4 is 0 Å². The fourth-order valence-electron chi connectivity index (χ4n) is 2.78. The molecule has 1 N–H and O–H groups in total. The summed E-state index contributed by atoms with van der Waals surface area (Å²) in [6, 6.07) is 1.95. The molecule has 1 fully saturated rings. The second kappa shape index (κ2) is 6.81. The summed E-state index contributed by atoms with van der Waals surface area (Å²) in [4.78, 5) is 9.01. The van der Waals surface area contributed by atoms with Crippen LogP contribution in [-0.2, 0) is 11.3 Å². The molecular weight excluding hydrogens is 226 g/mol. The van der Waals surface area contributed by atoms with Crippen LogP contribution in [0.5, 0.6) is 0 Å². The Labute approximate surface area is 109 Å².